The molecule has 72 valence electrons. The minimum absolute atomic E-state index is 0.189. The second kappa shape index (κ2) is 5.35. The molecule has 1 aromatic rings. The number of aromatic nitrogens is 1. The molecule has 0 aliphatic carbocycles. The number of aliphatic hydroxyl groups is 1. The maximum Gasteiger partial charge on any atom is 0.0541 e. The van der Waals surface area contributed by atoms with Crippen LogP contribution in [0.2, 0.25) is 0 Å². The van der Waals surface area contributed by atoms with Crippen molar-refractivity contribution in [3.8, 4) is 0 Å². The zero-order valence-corrected chi connectivity index (χ0v) is 9.29. The molecule has 0 spiro atoms. The van der Waals surface area contributed by atoms with E-state index in [0.29, 0.717) is 0 Å². The van der Waals surface area contributed by atoms with Crippen molar-refractivity contribution in [3.05, 3.63) is 28.5 Å². The van der Waals surface area contributed by atoms with E-state index in [0.717, 1.165) is 29.4 Å². The Balaban J connectivity index is 2.41. The van der Waals surface area contributed by atoms with Crippen LogP contribution in [0.1, 0.15) is 25.5 Å². The van der Waals surface area contributed by atoms with Gasteiger partial charge in [-0.05, 0) is 47.3 Å². The lowest BCUT2D eigenvalue weighted by molar-refractivity contribution is 0.160. The van der Waals surface area contributed by atoms with Gasteiger partial charge in [0.2, 0.25) is 0 Å². The van der Waals surface area contributed by atoms with Crippen LogP contribution in [0.15, 0.2) is 22.8 Å². The van der Waals surface area contributed by atoms with Gasteiger partial charge in [-0.3, -0.25) is 4.98 Å². The summed E-state index contributed by atoms with van der Waals surface area (Å²) in [5, 5.41) is 9.34. The third-order valence-corrected chi connectivity index (χ3v) is 2.46. The molecule has 1 heterocycles. The van der Waals surface area contributed by atoms with E-state index >= 15 is 0 Å². The first-order chi connectivity index (χ1) is 6.22. The Kier molecular flexibility index (Phi) is 4.39. The van der Waals surface area contributed by atoms with E-state index in [1.807, 2.05) is 19.1 Å². The number of halogens is 1. The largest absolute Gasteiger partial charge is 0.393 e. The van der Waals surface area contributed by atoms with Crippen LogP contribution in [0.4, 0.5) is 0 Å². The lowest BCUT2D eigenvalue weighted by Gasteiger charge is -2.06. The summed E-state index contributed by atoms with van der Waals surface area (Å²) < 4.78 is 0.993. The normalized spacial score (nSPS) is 12.8. The Hall–Kier alpha value is -0.410. The third kappa shape index (κ3) is 3.87. The van der Waals surface area contributed by atoms with Crippen molar-refractivity contribution in [2.75, 3.05) is 0 Å². The molecule has 0 radical (unpaired) electrons. The van der Waals surface area contributed by atoms with Gasteiger partial charge in [0, 0.05) is 16.4 Å². The molecule has 0 aliphatic heterocycles. The summed E-state index contributed by atoms with van der Waals surface area (Å²) in [5.74, 6) is 0. The SMILES string of the molecule is CCC(O)CCc1ccc(Br)cn1. The van der Waals surface area contributed by atoms with Gasteiger partial charge in [-0.2, -0.15) is 0 Å². The molecule has 0 bridgehead atoms. The average molecular weight is 244 g/mol. The van der Waals surface area contributed by atoms with Crippen LogP contribution in [0, 0.1) is 0 Å². The summed E-state index contributed by atoms with van der Waals surface area (Å²) >= 11 is 3.33. The molecule has 0 fully saturated rings. The molecule has 0 amide bonds. The molecule has 13 heavy (non-hydrogen) atoms. The van der Waals surface area contributed by atoms with Crippen LogP contribution in [0.25, 0.3) is 0 Å². The lowest BCUT2D eigenvalue weighted by atomic mass is 10.1. The van der Waals surface area contributed by atoms with Gasteiger partial charge in [0.15, 0.2) is 0 Å². The first-order valence-corrected chi connectivity index (χ1v) is 5.30. The molecule has 2 nitrogen and oxygen atoms in total. The zero-order valence-electron chi connectivity index (χ0n) is 7.70. The van der Waals surface area contributed by atoms with E-state index < -0.39 is 0 Å². The fourth-order valence-electron chi connectivity index (χ4n) is 1.07. The van der Waals surface area contributed by atoms with Crippen molar-refractivity contribution in [1.29, 1.82) is 0 Å². The highest BCUT2D eigenvalue weighted by atomic mass is 79.9. The summed E-state index contributed by atoms with van der Waals surface area (Å²) in [5.41, 5.74) is 1.04. The molecule has 1 unspecified atom stereocenters. The average Bonchev–Trinajstić information content (AvgIpc) is 2.16. The van der Waals surface area contributed by atoms with Gasteiger partial charge in [0.1, 0.15) is 0 Å². The van der Waals surface area contributed by atoms with E-state index in [-0.39, 0.29) is 6.10 Å². The molecule has 3 heteroatoms. The molecular formula is C10H14BrNO. The van der Waals surface area contributed by atoms with Gasteiger partial charge in [-0.25, -0.2) is 0 Å². The smallest absolute Gasteiger partial charge is 0.0541 e. The van der Waals surface area contributed by atoms with Crippen LogP contribution in [-0.4, -0.2) is 16.2 Å². The number of hydrogen-bond donors (Lipinski definition) is 1. The van der Waals surface area contributed by atoms with E-state index in [1.54, 1.807) is 6.20 Å². The molecule has 0 saturated heterocycles. The maximum absolute atomic E-state index is 9.34. The number of pyridine rings is 1. The van der Waals surface area contributed by atoms with E-state index in [1.165, 1.54) is 0 Å². The van der Waals surface area contributed by atoms with Crippen molar-refractivity contribution in [2.45, 2.75) is 32.3 Å². The van der Waals surface area contributed by atoms with Crippen LogP contribution in [0.5, 0.6) is 0 Å². The number of aryl methyl sites for hydroxylation is 1. The topological polar surface area (TPSA) is 33.1 Å². The summed E-state index contributed by atoms with van der Waals surface area (Å²) in [4.78, 5) is 4.23. The quantitative estimate of drug-likeness (QED) is 0.882. The zero-order chi connectivity index (χ0) is 9.68. The Bertz CT molecular complexity index is 248. The van der Waals surface area contributed by atoms with Gasteiger partial charge >= 0.3 is 0 Å². The Morgan fingerprint density at radius 1 is 1.54 bits per heavy atom. The van der Waals surface area contributed by atoms with Gasteiger partial charge in [-0.15, -0.1) is 0 Å². The molecule has 1 rings (SSSR count). The fourth-order valence-corrected chi connectivity index (χ4v) is 1.31. The van der Waals surface area contributed by atoms with E-state index in [4.69, 9.17) is 0 Å². The van der Waals surface area contributed by atoms with Crippen LogP contribution in [-0.2, 0) is 6.42 Å². The first-order valence-electron chi connectivity index (χ1n) is 4.51. The van der Waals surface area contributed by atoms with Crippen molar-refractivity contribution < 1.29 is 5.11 Å². The van der Waals surface area contributed by atoms with Gasteiger partial charge in [0.05, 0.1) is 6.10 Å². The molecule has 0 aromatic carbocycles. The van der Waals surface area contributed by atoms with Crippen LogP contribution in [0.3, 0.4) is 0 Å². The van der Waals surface area contributed by atoms with Crippen molar-refractivity contribution >= 4 is 15.9 Å². The van der Waals surface area contributed by atoms with Gasteiger partial charge in [0.25, 0.3) is 0 Å². The van der Waals surface area contributed by atoms with Crippen molar-refractivity contribution in [2.24, 2.45) is 0 Å². The number of aliphatic hydroxyl groups excluding tert-OH is 1. The fraction of sp³-hybridized carbons (Fsp3) is 0.500. The molecule has 1 N–H and O–H groups in total. The van der Waals surface area contributed by atoms with E-state index in [2.05, 4.69) is 20.9 Å². The predicted octanol–water partition coefficient (Wildman–Crippen LogP) is 2.55. The summed E-state index contributed by atoms with van der Waals surface area (Å²) in [7, 11) is 0. The number of rotatable bonds is 4. The Morgan fingerprint density at radius 3 is 2.85 bits per heavy atom. The molecular weight excluding hydrogens is 230 g/mol. The molecule has 1 aromatic heterocycles. The Morgan fingerprint density at radius 2 is 2.31 bits per heavy atom. The first kappa shape index (κ1) is 10.7. The second-order valence-electron chi connectivity index (χ2n) is 3.07. The maximum atomic E-state index is 9.34. The molecule has 1 atom stereocenters. The summed E-state index contributed by atoms with van der Waals surface area (Å²) in [6, 6.07) is 3.95. The molecule has 0 saturated carbocycles. The summed E-state index contributed by atoms with van der Waals surface area (Å²) in [6.45, 7) is 1.99. The number of hydrogen-bond acceptors (Lipinski definition) is 2. The molecule has 0 aliphatic rings. The predicted molar refractivity (Wildman–Crippen MR) is 56.6 cm³/mol. The lowest BCUT2D eigenvalue weighted by Crippen LogP contribution is -2.06. The monoisotopic (exact) mass is 243 g/mol. The van der Waals surface area contributed by atoms with Gasteiger partial charge in [-0.1, -0.05) is 6.92 Å². The third-order valence-electron chi connectivity index (χ3n) is 1.99. The standard InChI is InChI=1S/C10H14BrNO/c1-2-10(13)6-5-9-4-3-8(11)7-12-9/h3-4,7,10,13H,2,5-6H2,1H3. The highest BCUT2D eigenvalue weighted by Gasteiger charge is 2.01. The highest BCUT2D eigenvalue weighted by molar-refractivity contribution is 9.10. The number of nitrogens with zero attached hydrogens (tertiary/aromatic N) is 1. The van der Waals surface area contributed by atoms with Gasteiger partial charge < -0.3 is 5.11 Å². The van der Waals surface area contributed by atoms with E-state index in [9.17, 15) is 5.11 Å². The van der Waals surface area contributed by atoms with Crippen molar-refractivity contribution in [3.63, 3.8) is 0 Å². The minimum Gasteiger partial charge on any atom is -0.393 e. The Labute approximate surface area is 87.1 Å². The van der Waals surface area contributed by atoms with Crippen LogP contribution < -0.4 is 0 Å². The second-order valence-corrected chi connectivity index (χ2v) is 3.98. The van der Waals surface area contributed by atoms with Crippen molar-refractivity contribution in [1.82, 2.24) is 4.98 Å². The van der Waals surface area contributed by atoms with Crippen LogP contribution >= 0.6 is 15.9 Å². The minimum atomic E-state index is -0.189. The highest BCUT2D eigenvalue weighted by Crippen LogP contribution is 2.09. The summed E-state index contributed by atoms with van der Waals surface area (Å²) in [6.07, 6.45) is 4.06.